The number of nitro groups is 3. The molecule has 0 aliphatic carbocycles. The van der Waals surface area contributed by atoms with Crippen molar-refractivity contribution in [2.24, 2.45) is 0 Å². The Morgan fingerprint density at radius 1 is 1.07 bits per heavy atom. The number of ether oxygens (including phenoxy) is 1. The van der Waals surface area contributed by atoms with Gasteiger partial charge < -0.3 is 19.4 Å². The lowest BCUT2D eigenvalue weighted by molar-refractivity contribution is -0.395. The SMILES string of the molecule is COc1c([N+](=O)[O-])cc(-c2nc(-c3cn[nH]c3[N+](=O)[O-])no2)cc1[N+](=O)[O-]. The first kappa shape index (κ1) is 17.4. The van der Waals surface area contributed by atoms with Crippen LogP contribution in [-0.4, -0.2) is 42.2 Å². The second kappa shape index (κ2) is 6.47. The fraction of sp³-hybridized carbons (Fsp3) is 0.0833. The van der Waals surface area contributed by atoms with Crippen LogP contribution in [0, 0.1) is 30.3 Å². The van der Waals surface area contributed by atoms with Gasteiger partial charge in [-0.3, -0.25) is 20.2 Å². The van der Waals surface area contributed by atoms with Crippen LogP contribution in [0.5, 0.6) is 5.75 Å². The third-order valence-electron chi connectivity index (χ3n) is 3.36. The molecule has 1 aromatic carbocycles. The summed E-state index contributed by atoms with van der Waals surface area (Å²) >= 11 is 0. The van der Waals surface area contributed by atoms with Gasteiger partial charge in [0.2, 0.25) is 5.82 Å². The fourth-order valence-electron chi connectivity index (χ4n) is 2.23. The molecule has 0 atom stereocenters. The van der Waals surface area contributed by atoms with Crippen LogP contribution in [0.1, 0.15) is 0 Å². The standard InChI is InChI=1S/C12H7N7O8/c1-26-9-7(17(20)21)2-5(3-8(9)18(22)23)12-14-10(16-27-12)6-4-13-15-11(6)19(24)25/h2-4H,1H3,(H,13,15). The van der Waals surface area contributed by atoms with E-state index in [2.05, 4.69) is 20.3 Å². The van der Waals surface area contributed by atoms with Gasteiger partial charge in [-0.15, -0.1) is 5.10 Å². The highest BCUT2D eigenvalue weighted by Gasteiger charge is 2.30. The lowest BCUT2D eigenvalue weighted by atomic mass is 10.1. The zero-order valence-corrected chi connectivity index (χ0v) is 13.2. The minimum absolute atomic E-state index is 0.0903. The number of methoxy groups -OCH3 is 1. The predicted molar refractivity (Wildman–Crippen MR) is 83.8 cm³/mol. The molecule has 0 aliphatic heterocycles. The van der Waals surface area contributed by atoms with Crippen LogP contribution >= 0.6 is 0 Å². The molecule has 1 N–H and O–H groups in total. The Labute approximate surface area is 147 Å². The van der Waals surface area contributed by atoms with Crippen LogP contribution in [0.3, 0.4) is 0 Å². The minimum atomic E-state index is -0.868. The van der Waals surface area contributed by atoms with E-state index in [1.807, 2.05) is 0 Å². The van der Waals surface area contributed by atoms with Gasteiger partial charge in [-0.1, -0.05) is 10.3 Å². The molecule has 0 bridgehead atoms. The van der Waals surface area contributed by atoms with E-state index >= 15 is 0 Å². The van der Waals surface area contributed by atoms with Gasteiger partial charge in [-0.2, -0.15) is 4.98 Å². The van der Waals surface area contributed by atoms with Gasteiger partial charge in [0.25, 0.3) is 11.6 Å². The summed E-state index contributed by atoms with van der Waals surface area (Å²) in [6, 6.07) is 1.90. The third-order valence-corrected chi connectivity index (χ3v) is 3.36. The Hall–Kier alpha value is -4.43. The number of hydrogen-bond acceptors (Lipinski definition) is 11. The molecule has 3 rings (SSSR count). The molecular weight excluding hydrogens is 370 g/mol. The Balaban J connectivity index is 2.14. The zero-order valence-electron chi connectivity index (χ0n) is 13.2. The number of rotatable bonds is 6. The van der Waals surface area contributed by atoms with Crippen molar-refractivity contribution >= 4 is 17.2 Å². The van der Waals surface area contributed by atoms with Crippen molar-refractivity contribution < 1.29 is 24.0 Å². The summed E-state index contributed by atoms with van der Waals surface area (Å²) in [5, 5.41) is 42.5. The predicted octanol–water partition coefficient (Wildman–Crippen LogP) is 1.86. The van der Waals surface area contributed by atoms with E-state index in [9.17, 15) is 30.3 Å². The van der Waals surface area contributed by atoms with Gasteiger partial charge in [0.05, 0.1) is 28.7 Å². The van der Waals surface area contributed by atoms with Crippen molar-refractivity contribution in [3.63, 3.8) is 0 Å². The van der Waals surface area contributed by atoms with E-state index in [1.165, 1.54) is 0 Å². The number of hydrogen-bond donors (Lipinski definition) is 1. The summed E-state index contributed by atoms with van der Waals surface area (Å²) in [5.41, 5.74) is -1.60. The molecular formula is C12H7N7O8. The number of nitro benzene ring substituents is 2. The van der Waals surface area contributed by atoms with Crippen LogP contribution < -0.4 is 4.74 Å². The summed E-state index contributed by atoms with van der Waals surface area (Å²) in [4.78, 5) is 34.7. The number of nitrogens with zero attached hydrogens (tertiary/aromatic N) is 6. The summed E-state index contributed by atoms with van der Waals surface area (Å²) in [6.07, 6.45) is 1.09. The van der Waals surface area contributed by atoms with E-state index in [1.54, 1.807) is 0 Å². The van der Waals surface area contributed by atoms with E-state index in [0.29, 0.717) is 0 Å². The number of aromatic amines is 1. The highest BCUT2D eigenvalue weighted by atomic mass is 16.6. The smallest absolute Gasteiger partial charge is 0.353 e. The maximum absolute atomic E-state index is 11.2. The van der Waals surface area contributed by atoms with Crippen LogP contribution in [0.4, 0.5) is 17.2 Å². The molecule has 2 heterocycles. The highest BCUT2D eigenvalue weighted by Crippen LogP contribution is 2.40. The number of nitrogens with one attached hydrogen (secondary N) is 1. The van der Waals surface area contributed by atoms with Crippen molar-refractivity contribution in [1.82, 2.24) is 20.3 Å². The van der Waals surface area contributed by atoms with Crippen molar-refractivity contribution in [3.8, 4) is 28.6 Å². The highest BCUT2D eigenvalue weighted by molar-refractivity contribution is 5.72. The molecule has 15 nitrogen and oxygen atoms in total. The quantitative estimate of drug-likeness (QED) is 0.484. The van der Waals surface area contributed by atoms with E-state index in [4.69, 9.17) is 9.26 Å². The molecule has 15 heteroatoms. The van der Waals surface area contributed by atoms with Crippen LogP contribution in [0.15, 0.2) is 22.9 Å². The Morgan fingerprint density at radius 2 is 1.70 bits per heavy atom. The van der Waals surface area contributed by atoms with Gasteiger partial charge in [0, 0.05) is 12.1 Å². The lowest BCUT2D eigenvalue weighted by Gasteiger charge is -2.04. The van der Waals surface area contributed by atoms with Crippen molar-refractivity contribution in [2.45, 2.75) is 0 Å². The molecule has 0 saturated carbocycles. The molecule has 0 aliphatic rings. The first-order valence-corrected chi connectivity index (χ1v) is 6.86. The molecule has 2 aromatic heterocycles. The zero-order chi connectivity index (χ0) is 19.7. The molecule has 0 fully saturated rings. The fourth-order valence-corrected chi connectivity index (χ4v) is 2.23. The summed E-state index contributed by atoms with van der Waals surface area (Å²) in [5.74, 6) is -1.59. The van der Waals surface area contributed by atoms with E-state index in [0.717, 1.165) is 25.4 Å². The van der Waals surface area contributed by atoms with Gasteiger partial charge in [0.1, 0.15) is 5.56 Å². The molecule has 3 aromatic rings. The second-order valence-electron chi connectivity index (χ2n) is 4.87. The van der Waals surface area contributed by atoms with Crippen molar-refractivity contribution in [2.75, 3.05) is 7.11 Å². The van der Waals surface area contributed by atoms with Crippen LogP contribution in [-0.2, 0) is 0 Å². The van der Waals surface area contributed by atoms with Crippen LogP contribution in [0.2, 0.25) is 0 Å². The summed E-state index contributed by atoms with van der Waals surface area (Å²) in [7, 11) is 1.05. The molecule has 0 spiro atoms. The van der Waals surface area contributed by atoms with Gasteiger partial charge in [-0.25, -0.2) is 0 Å². The maximum atomic E-state index is 11.2. The molecule has 0 radical (unpaired) electrons. The first-order chi connectivity index (χ1) is 12.8. The van der Waals surface area contributed by atoms with E-state index < -0.39 is 37.7 Å². The third kappa shape index (κ3) is 2.99. The Morgan fingerprint density at radius 3 is 2.22 bits per heavy atom. The molecule has 0 amide bonds. The number of benzene rings is 1. The largest absolute Gasteiger partial charge is 0.485 e. The number of aromatic nitrogens is 4. The molecule has 0 unspecified atom stereocenters. The van der Waals surface area contributed by atoms with Gasteiger partial charge in [-0.05, 0) is 4.92 Å². The van der Waals surface area contributed by atoms with Crippen molar-refractivity contribution in [3.05, 3.63) is 48.7 Å². The first-order valence-electron chi connectivity index (χ1n) is 6.86. The lowest BCUT2D eigenvalue weighted by Crippen LogP contribution is -2.00. The summed E-state index contributed by atoms with van der Waals surface area (Å²) in [6.45, 7) is 0. The Kier molecular flexibility index (Phi) is 4.17. The normalized spacial score (nSPS) is 10.6. The Bertz CT molecular complexity index is 1040. The average Bonchev–Trinajstić information content (AvgIpc) is 3.29. The second-order valence-corrected chi connectivity index (χ2v) is 4.87. The van der Waals surface area contributed by atoms with E-state index in [-0.39, 0.29) is 22.8 Å². The number of H-pyrrole nitrogens is 1. The van der Waals surface area contributed by atoms with Crippen molar-refractivity contribution in [1.29, 1.82) is 0 Å². The molecule has 138 valence electrons. The average molecular weight is 377 g/mol. The molecule has 27 heavy (non-hydrogen) atoms. The maximum Gasteiger partial charge on any atom is 0.353 e. The summed E-state index contributed by atoms with van der Waals surface area (Å²) < 4.78 is 9.70. The minimum Gasteiger partial charge on any atom is -0.485 e. The monoisotopic (exact) mass is 377 g/mol. The topological polar surface area (TPSA) is 206 Å². The van der Waals surface area contributed by atoms with Gasteiger partial charge in [0.15, 0.2) is 0 Å². The van der Waals surface area contributed by atoms with Gasteiger partial charge >= 0.3 is 17.2 Å². The molecule has 0 saturated heterocycles. The van der Waals surface area contributed by atoms with Crippen LogP contribution in [0.25, 0.3) is 22.8 Å².